The van der Waals surface area contributed by atoms with Crippen molar-refractivity contribution in [2.75, 3.05) is 7.11 Å². The van der Waals surface area contributed by atoms with Gasteiger partial charge in [0.05, 0.1) is 7.11 Å². The second-order valence-corrected chi connectivity index (χ2v) is 4.16. The Kier molecular flexibility index (Phi) is 1.92. The molecule has 1 aliphatic carbocycles. The molecule has 2 aliphatic rings. The number of amides is 2. The van der Waals surface area contributed by atoms with Crippen LogP contribution in [0.3, 0.4) is 0 Å². The second kappa shape index (κ2) is 3.23. The van der Waals surface area contributed by atoms with Crippen molar-refractivity contribution in [3.63, 3.8) is 0 Å². The highest BCUT2D eigenvalue weighted by Crippen LogP contribution is 2.45. The summed E-state index contributed by atoms with van der Waals surface area (Å²) in [6, 6.07) is 5.44. The molecule has 1 aliphatic heterocycles. The summed E-state index contributed by atoms with van der Waals surface area (Å²) in [5, 5.41) is 2.19. The van der Waals surface area contributed by atoms with Crippen LogP contribution >= 0.6 is 0 Å². The molecule has 1 N–H and O–H groups in total. The van der Waals surface area contributed by atoms with Gasteiger partial charge < -0.3 is 9.47 Å². The maximum absolute atomic E-state index is 11.9. The largest absolute Gasteiger partial charge is 0.496 e. The molecule has 1 unspecified atom stereocenters. The van der Waals surface area contributed by atoms with Gasteiger partial charge in [-0.2, -0.15) is 0 Å². The predicted octanol–water partition coefficient (Wildman–Crippen LogP) is 1.10. The van der Waals surface area contributed by atoms with Crippen molar-refractivity contribution >= 4 is 12.0 Å². The number of methoxy groups -OCH3 is 1. The normalized spacial score (nSPS) is 25.7. The van der Waals surface area contributed by atoms with Crippen LogP contribution in [0.2, 0.25) is 0 Å². The summed E-state index contributed by atoms with van der Waals surface area (Å²) in [6.07, 6.45) is 0.464. The number of fused-ring (bicyclic) bond motifs is 2. The maximum Gasteiger partial charge on any atom is 0.415 e. The molecular weight excluding hydrogens is 222 g/mol. The first-order valence-electron chi connectivity index (χ1n) is 5.38. The predicted molar refractivity (Wildman–Crippen MR) is 57.6 cm³/mol. The standard InChI is InChI=1S/C12H11NO4/c1-16-9-4-2-3-8-7(9)5-6-12(8)10(14)13-11(15)17-12/h2-4H,5-6H2,1H3,(H,13,14,15). The van der Waals surface area contributed by atoms with Crippen molar-refractivity contribution in [1.29, 1.82) is 0 Å². The monoisotopic (exact) mass is 233 g/mol. The number of nitrogens with one attached hydrogen (secondary N) is 1. The summed E-state index contributed by atoms with van der Waals surface area (Å²) in [5.74, 6) is 0.352. The first-order chi connectivity index (χ1) is 8.17. The van der Waals surface area contributed by atoms with Gasteiger partial charge in [0.1, 0.15) is 5.75 Å². The lowest BCUT2D eigenvalue weighted by atomic mass is 9.95. The zero-order valence-electron chi connectivity index (χ0n) is 9.28. The highest BCUT2D eigenvalue weighted by Gasteiger charge is 2.54. The molecule has 1 heterocycles. The summed E-state index contributed by atoms with van der Waals surface area (Å²) in [4.78, 5) is 23.1. The third-order valence-electron chi connectivity index (χ3n) is 3.36. The fraction of sp³-hybridized carbons (Fsp3) is 0.333. The average Bonchev–Trinajstić information content (AvgIpc) is 2.82. The molecule has 5 nitrogen and oxygen atoms in total. The number of benzene rings is 1. The average molecular weight is 233 g/mol. The second-order valence-electron chi connectivity index (χ2n) is 4.16. The Hall–Kier alpha value is -2.04. The van der Waals surface area contributed by atoms with Crippen molar-refractivity contribution in [2.45, 2.75) is 18.4 Å². The Morgan fingerprint density at radius 3 is 2.88 bits per heavy atom. The maximum atomic E-state index is 11.9. The molecule has 1 saturated heterocycles. The van der Waals surface area contributed by atoms with Crippen LogP contribution in [0.4, 0.5) is 4.79 Å². The Balaban J connectivity index is 2.16. The van der Waals surface area contributed by atoms with E-state index < -0.39 is 11.7 Å². The quantitative estimate of drug-likeness (QED) is 0.789. The van der Waals surface area contributed by atoms with Gasteiger partial charge in [0.25, 0.3) is 5.91 Å². The fourth-order valence-electron chi connectivity index (χ4n) is 2.59. The van der Waals surface area contributed by atoms with E-state index in [2.05, 4.69) is 5.32 Å². The molecule has 1 atom stereocenters. The Bertz CT molecular complexity index is 525. The van der Waals surface area contributed by atoms with Crippen LogP contribution in [0.25, 0.3) is 0 Å². The summed E-state index contributed by atoms with van der Waals surface area (Å²) in [7, 11) is 1.58. The smallest absolute Gasteiger partial charge is 0.415 e. The summed E-state index contributed by atoms with van der Waals surface area (Å²) in [5.41, 5.74) is 0.543. The van der Waals surface area contributed by atoms with E-state index in [4.69, 9.17) is 9.47 Å². The topological polar surface area (TPSA) is 64.6 Å². The van der Waals surface area contributed by atoms with Crippen LogP contribution in [-0.2, 0) is 21.6 Å². The molecule has 17 heavy (non-hydrogen) atoms. The van der Waals surface area contributed by atoms with Crippen LogP contribution in [0, 0.1) is 0 Å². The van der Waals surface area contributed by atoms with Crippen LogP contribution in [0.1, 0.15) is 17.5 Å². The molecule has 88 valence electrons. The van der Waals surface area contributed by atoms with Crippen LogP contribution < -0.4 is 10.1 Å². The lowest BCUT2D eigenvalue weighted by molar-refractivity contribution is -0.131. The number of alkyl carbamates (subject to hydrolysis) is 1. The number of hydrogen-bond donors (Lipinski definition) is 1. The Morgan fingerprint density at radius 2 is 2.24 bits per heavy atom. The molecular formula is C12H11NO4. The van der Waals surface area contributed by atoms with E-state index in [0.717, 1.165) is 16.9 Å². The number of hydrogen-bond acceptors (Lipinski definition) is 4. The SMILES string of the molecule is COc1cccc2c1CCC21OC(=O)NC1=O. The molecule has 2 amide bonds. The van der Waals surface area contributed by atoms with Crippen LogP contribution in [0.15, 0.2) is 18.2 Å². The molecule has 1 aromatic rings. The van der Waals surface area contributed by atoms with Crippen molar-refractivity contribution in [2.24, 2.45) is 0 Å². The summed E-state index contributed by atoms with van der Waals surface area (Å²) in [6.45, 7) is 0. The number of ether oxygens (including phenoxy) is 2. The van der Waals surface area contributed by atoms with Crippen molar-refractivity contribution in [1.82, 2.24) is 5.32 Å². The van der Waals surface area contributed by atoms with Gasteiger partial charge >= 0.3 is 6.09 Å². The van der Waals surface area contributed by atoms with Crippen LogP contribution in [-0.4, -0.2) is 19.1 Å². The van der Waals surface area contributed by atoms with Crippen molar-refractivity contribution in [3.05, 3.63) is 29.3 Å². The van der Waals surface area contributed by atoms with E-state index in [9.17, 15) is 9.59 Å². The molecule has 0 bridgehead atoms. The van der Waals surface area contributed by atoms with Gasteiger partial charge in [0.2, 0.25) is 5.60 Å². The van der Waals surface area contributed by atoms with E-state index in [1.165, 1.54) is 0 Å². The number of imide groups is 1. The minimum Gasteiger partial charge on any atom is -0.496 e. The number of carbonyl (C=O) groups is 2. The fourth-order valence-corrected chi connectivity index (χ4v) is 2.59. The molecule has 5 heteroatoms. The zero-order chi connectivity index (χ0) is 12.0. The summed E-state index contributed by atoms with van der Waals surface area (Å²) >= 11 is 0. The Labute approximate surface area is 97.7 Å². The van der Waals surface area contributed by atoms with Crippen LogP contribution in [0.5, 0.6) is 5.75 Å². The molecule has 3 rings (SSSR count). The molecule has 1 aromatic carbocycles. The molecule has 1 fully saturated rings. The Morgan fingerprint density at radius 1 is 1.41 bits per heavy atom. The van der Waals surface area contributed by atoms with E-state index in [1.807, 2.05) is 12.1 Å². The molecule has 1 spiro atoms. The first kappa shape index (κ1) is 10.1. The lowest BCUT2D eigenvalue weighted by Gasteiger charge is -2.19. The van der Waals surface area contributed by atoms with Gasteiger partial charge in [-0.1, -0.05) is 12.1 Å². The lowest BCUT2D eigenvalue weighted by Crippen LogP contribution is -2.34. The minimum atomic E-state index is -1.14. The van der Waals surface area contributed by atoms with Gasteiger partial charge in [0, 0.05) is 17.5 Å². The van der Waals surface area contributed by atoms with E-state index in [0.29, 0.717) is 12.8 Å². The van der Waals surface area contributed by atoms with Gasteiger partial charge in [-0.15, -0.1) is 0 Å². The molecule has 0 saturated carbocycles. The van der Waals surface area contributed by atoms with E-state index in [1.54, 1.807) is 13.2 Å². The zero-order valence-corrected chi connectivity index (χ0v) is 9.28. The summed E-state index contributed by atoms with van der Waals surface area (Å²) < 4.78 is 10.4. The third kappa shape index (κ3) is 1.19. The van der Waals surface area contributed by atoms with E-state index >= 15 is 0 Å². The van der Waals surface area contributed by atoms with E-state index in [-0.39, 0.29) is 5.91 Å². The highest BCUT2D eigenvalue weighted by atomic mass is 16.6. The first-order valence-corrected chi connectivity index (χ1v) is 5.38. The van der Waals surface area contributed by atoms with Crippen molar-refractivity contribution < 1.29 is 19.1 Å². The molecule has 0 aromatic heterocycles. The minimum absolute atomic E-state index is 0.380. The third-order valence-corrected chi connectivity index (χ3v) is 3.36. The van der Waals surface area contributed by atoms with Gasteiger partial charge in [-0.25, -0.2) is 4.79 Å². The van der Waals surface area contributed by atoms with Gasteiger partial charge in [-0.3, -0.25) is 10.1 Å². The van der Waals surface area contributed by atoms with Gasteiger partial charge in [-0.05, 0) is 12.5 Å². The number of carbonyl (C=O) groups excluding carboxylic acids is 2. The van der Waals surface area contributed by atoms with Gasteiger partial charge in [0.15, 0.2) is 0 Å². The number of rotatable bonds is 1. The van der Waals surface area contributed by atoms with Crippen molar-refractivity contribution in [3.8, 4) is 5.75 Å². The highest BCUT2D eigenvalue weighted by molar-refractivity contribution is 6.04. The molecule has 0 radical (unpaired) electrons.